The van der Waals surface area contributed by atoms with E-state index < -0.39 is 0 Å². The van der Waals surface area contributed by atoms with Gasteiger partial charge in [-0.15, -0.1) is 5.10 Å². The Morgan fingerprint density at radius 1 is 1.03 bits per heavy atom. The van der Waals surface area contributed by atoms with E-state index in [1.807, 2.05) is 43.3 Å². The first-order valence-electron chi connectivity index (χ1n) is 9.46. The molecule has 6 nitrogen and oxygen atoms in total. The van der Waals surface area contributed by atoms with E-state index in [4.69, 9.17) is 23.2 Å². The zero-order valence-electron chi connectivity index (χ0n) is 16.1. The number of hydrogen-bond donors (Lipinski definition) is 0. The van der Waals surface area contributed by atoms with Crippen LogP contribution in [0.15, 0.2) is 48.5 Å². The third-order valence-corrected chi connectivity index (χ3v) is 5.55. The van der Waals surface area contributed by atoms with Gasteiger partial charge in [0.05, 0.1) is 10.7 Å². The van der Waals surface area contributed by atoms with Crippen molar-refractivity contribution in [2.75, 3.05) is 26.2 Å². The highest BCUT2D eigenvalue weighted by molar-refractivity contribution is 6.32. The summed E-state index contributed by atoms with van der Waals surface area (Å²) < 4.78 is 1.62. The first kappa shape index (κ1) is 19.9. The van der Waals surface area contributed by atoms with Gasteiger partial charge in [0.15, 0.2) is 0 Å². The highest BCUT2D eigenvalue weighted by Gasteiger charge is 2.26. The van der Waals surface area contributed by atoms with Gasteiger partial charge in [0.1, 0.15) is 5.82 Å². The molecule has 0 bridgehead atoms. The van der Waals surface area contributed by atoms with Crippen LogP contribution < -0.4 is 0 Å². The summed E-state index contributed by atoms with van der Waals surface area (Å²) in [6.07, 6.45) is 0. The highest BCUT2D eigenvalue weighted by Crippen LogP contribution is 2.21. The van der Waals surface area contributed by atoms with E-state index in [1.165, 1.54) is 5.56 Å². The number of para-hydroxylation sites is 1. The van der Waals surface area contributed by atoms with E-state index in [9.17, 15) is 4.79 Å². The average molecular weight is 430 g/mol. The molecular weight excluding hydrogens is 409 g/mol. The van der Waals surface area contributed by atoms with Crippen LogP contribution in [0.1, 0.15) is 22.0 Å². The lowest BCUT2D eigenvalue weighted by Gasteiger charge is -2.34. The molecule has 0 N–H and O–H groups in total. The van der Waals surface area contributed by atoms with Crippen molar-refractivity contribution in [2.45, 2.75) is 13.5 Å². The van der Waals surface area contributed by atoms with Gasteiger partial charge in [-0.05, 0) is 36.8 Å². The van der Waals surface area contributed by atoms with Crippen molar-refractivity contribution in [1.82, 2.24) is 24.6 Å². The van der Waals surface area contributed by atoms with Crippen LogP contribution >= 0.6 is 23.2 Å². The number of nitrogens with zero attached hydrogens (tertiary/aromatic N) is 5. The Morgan fingerprint density at radius 2 is 1.79 bits per heavy atom. The molecule has 3 aromatic rings. The largest absolute Gasteiger partial charge is 0.333 e. The van der Waals surface area contributed by atoms with Crippen molar-refractivity contribution in [3.8, 4) is 5.69 Å². The number of rotatable bonds is 4. The summed E-state index contributed by atoms with van der Waals surface area (Å²) in [5.74, 6) is 0.674. The monoisotopic (exact) mass is 429 g/mol. The topological polar surface area (TPSA) is 54.3 Å². The van der Waals surface area contributed by atoms with Gasteiger partial charge in [0.2, 0.25) is 5.82 Å². The van der Waals surface area contributed by atoms with Crippen LogP contribution in [0.4, 0.5) is 0 Å². The second-order valence-corrected chi connectivity index (χ2v) is 7.89. The van der Waals surface area contributed by atoms with Crippen molar-refractivity contribution >= 4 is 29.1 Å². The van der Waals surface area contributed by atoms with Crippen molar-refractivity contribution in [1.29, 1.82) is 0 Å². The van der Waals surface area contributed by atoms with Gasteiger partial charge < -0.3 is 4.90 Å². The first-order valence-corrected chi connectivity index (χ1v) is 10.2. The van der Waals surface area contributed by atoms with Crippen LogP contribution in [0, 0.1) is 6.92 Å². The van der Waals surface area contributed by atoms with E-state index >= 15 is 0 Å². The highest BCUT2D eigenvalue weighted by atomic mass is 35.5. The second kappa shape index (κ2) is 8.53. The molecule has 150 valence electrons. The molecule has 0 saturated carbocycles. The van der Waals surface area contributed by atoms with Gasteiger partial charge in [0.25, 0.3) is 5.91 Å². The number of amides is 1. The molecule has 2 aromatic carbocycles. The molecule has 2 heterocycles. The smallest absolute Gasteiger partial charge is 0.293 e. The maximum absolute atomic E-state index is 12.9. The van der Waals surface area contributed by atoms with E-state index in [2.05, 4.69) is 21.0 Å². The van der Waals surface area contributed by atoms with Crippen molar-refractivity contribution < 1.29 is 4.79 Å². The predicted molar refractivity (Wildman–Crippen MR) is 114 cm³/mol. The summed E-state index contributed by atoms with van der Waals surface area (Å²) in [5, 5.41) is 5.72. The molecule has 1 fully saturated rings. The van der Waals surface area contributed by atoms with Gasteiger partial charge in [0, 0.05) is 37.7 Å². The van der Waals surface area contributed by atoms with Crippen LogP contribution in [0.3, 0.4) is 0 Å². The molecule has 0 aliphatic carbocycles. The number of carbonyl (C=O) groups excluding carboxylic acids is 1. The Hall–Kier alpha value is -2.41. The number of piperazine rings is 1. The molecule has 1 aromatic heterocycles. The zero-order chi connectivity index (χ0) is 20.4. The molecule has 1 amide bonds. The van der Waals surface area contributed by atoms with Crippen molar-refractivity contribution in [2.24, 2.45) is 0 Å². The Morgan fingerprint density at radius 3 is 2.52 bits per heavy atom. The van der Waals surface area contributed by atoms with E-state index in [0.717, 1.165) is 24.7 Å². The number of aryl methyl sites for hydroxylation is 1. The number of benzene rings is 2. The van der Waals surface area contributed by atoms with E-state index in [-0.39, 0.29) is 11.7 Å². The summed E-state index contributed by atoms with van der Waals surface area (Å²) in [7, 11) is 0. The molecule has 0 radical (unpaired) electrons. The molecule has 1 aliphatic heterocycles. The number of hydrogen-bond acceptors (Lipinski definition) is 4. The lowest BCUT2D eigenvalue weighted by Crippen LogP contribution is -2.48. The number of carbonyl (C=O) groups is 1. The number of halogens is 2. The van der Waals surface area contributed by atoms with Gasteiger partial charge in [-0.1, -0.05) is 47.5 Å². The summed E-state index contributed by atoms with van der Waals surface area (Å²) in [5.41, 5.74) is 1.89. The quantitative estimate of drug-likeness (QED) is 0.631. The summed E-state index contributed by atoms with van der Waals surface area (Å²) in [6.45, 7) is 5.50. The van der Waals surface area contributed by atoms with Gasteiger partial charge in [-0.25, -0.2) is 9.67 Å². The zero-order valence-corrected chi connectivity index (χ0v) is 17.6. The minimum Gasteiger partial charge on any atom is -0.333 e. The maximum atomic E-state index is 12.9. The van der Waals surface area contributed by atoms with Crippen molar-refractivity contribution in [3.63, 3.8) is 0 Å². The fraction of sp³-hybridized carbons (Fsp3) is 0.286. The molecular formula is C21H21Cl2N5O. The normalized spacial score (nSPS) is 14.9. The molecule has 0 unspecified atom stereocenters. The lowest BCUT2D eigenvalue weighted by atomic mass is 10.2. The fourth-order valence-corrected chi connectivity index (χ4v) is 3.91. The van der Waals surface area contributed by atoms with Gasteiger partial charge in [-0.3, -0.25) is 9.69 Å². The predicted octanol–water partition coefficient (Wildman–Crippen LogP) is 3.84. The third kappa shape index (κ3) is 4.45. The Balaban J connectivity index is 1.41. The maximum Gasteiger partial charge on any atom is 0.293 e. The number of aromatic nitrogens is 3. The minimum absolute atomic E-state index is 0.152. The summed E-state index contributed by atoms with van der Waals surface area (Å²) >= 11 is 12.3. The van der Waals surface area contributed by atoms with Crippen LogP contribution in [-0.4, -0.2) is 56.7 Å². The molecule has 0 spiro atoms. The van der Waals surface area contributed by atoms with Crippen LogP contribution in [0.25, 0.3) is 5.69 Å². The van der Waals surface area contributed by atoms with E-state index in [1.54, 1.807) is 15.6 Å². The third-order valence-electron chi connectivity index (χ3n) is 5.00. The minimum atomic E-state index is -0.152. The molecule has 4 rings (SSSR count). The lowest BCUT2D eigenvalue weighted by molar-refractivity contribution is 0.0616. The van der Waals surface area contributed by atoms with Crippen LogP contribution in [0.5, 0.6) is 0 Å². The Labute approximate surface area is 179 Å². The molecule has 0 atom stereocenters. The fourth-order valence-electron chi connectivity index (χ4n) is 3.48. The molecule has 8 heteroatoms. The summed E-state index contributed by atoms with van der Waals surface area (Å²) in [4.78, 5) is 21.4. The second-order valence-electron chi connectivity index (χ2n) is 7.04. The average Bonchev–Trinajstić information content (AvgIpc) is 3.10. The van der Waals surface area contributed by atoms with Crippen LogP contribution in [-0.2, 0) is 6.54 Å². The van der Waals surface area contributed by atoms with Crippen molar-refractivity contribution in [3.05, 3.63) is 75.8 Å². The van der Waals surface area contributed by atoms with Gasteiger partial charge in [-0.2, -0.15) is 0 Å². The molecule has 1 saturated heterocycles. The standard InChI is InChI=1S/C21H21Cl2N5O/c1-15-24-20(25-28(15)19-8-3-2-7-18(19)23)21(29)27-11-9-26(10-12-27)14-16-5-4-6-17(22)13-16/h2-8,13H,9-12,14H2,1H3. The SMILES string of the molecule is Cc1nc(C(=O)N2CCN(Cc3cccc(Cl)c3)CC2)nn1-c1ccccc1Cl. The van der Waals surface area contributed by atoms with Gasteiger partial charge >= 0.3 is 0 Å². The Kier molecular flexibility index (Phi) is 5.85. The first-order chi connectivity index (χ1) is 14.0. The molecule has 29 heavy (non-hydrogen) atoms. The Bertz CT molecular complexity index is 1030. The summed E-state index contributed by atoms with van der Waals surface area (Å²) in [6, 6.07) is 15.3. The van der Waals surface area contributed by atoms with Crippen LogP contribution in [0.2, 0.25) is 10.0 Å². The molecule has 1 aliphatic rings. The van der Waals surface area contributed by atoms with E-state index in [0.29, 0.717) is 29.6 Å².